The van der Waals surface area contributed by atoms with E-state index in [0.29, 0.717) is 5.75 Å². The van der Waals surface area contributed by atoms with Crippen LogP contribution in [0.2, 0.25) is 0 Å². The van der Waals surface area contributed by atoms with E-state index in [1.165, 1.54) is 5.69 Å². The second-order valence-corrected chi connectivity index (χ2v) is 3.68. The Labute approximate surface area is 103 Å². The average Bonchev–Trinajstić information content (AvgIpc) is 2.36. The second-order valence-electron chi connectivity index (χ2n) is 3.68. The number of nitrogens with one attached hydrogen (secondary N) is 1. The molecule has 0 aliphatic heterocycles. The van der Waals surface area contributed by atoms with Crippen LogP contribution in [0.1, 0.15) is 12.5 Å². The maximum atomic E-state index is 8.92. The third-order valence-electron chi connectivity index (χ3n) is 2.27. The van der Waals surface area contributed by atoms with Crippen LogP contribution in [0.25, 0.3) is 0 Å². The maximum Gasteiger partial charge on any atom is 0.118 e. The van der Waals surface area contributed by atoms with Crippen LogP contribution < -0.4 is 5.32 Å². The van der Waals surface area contributed by atoms with Crippen LogP contribution in [-0.4, -0.2) is 11.7 Å². The van der Waals surface area contributed by atoms with Crippen molar-refractivity contribution in [2.24, 2.45) is 0 Å². The van der Waals surface area contributed by atoms with Crippen LogP contribution in [0.4, 0.5) is 5.69 Å². The third kappa shape index (κ3) is 5.07. The van der Waals surface area contributed by atoms with Gasteiger partial charge < -0.3 is 10.4 Å². The van der Waals surface area contributed by atoms with E-state index in [-0.39, 0.29) is 0 Å². The summed E-state index contributed by atoms with van der Waals surface area (Å²) in [6.45, 7) is 4.95. The molecule has 2 heteroatoms. The van der Waals surface area contributed by atoms with Crippen molar-refractivity contribution in [3.05, 3.63) is 60.2 Å². The van der Waals surface area contributed by atoms with Gasteiger partial charge in [-0.1, -0.05) is 36.4 Å². The summed E-state index contributed by atoms with van der Waals surface area (Å²) in [5.74, 6) is 0.368. The highest BCUT2D eigenvalue weighted by Gasteiger charge is 1.87. The quantitative estimate of drug-likeness (QED) is 0.820. The molecule has 0 amide bonds. The molecule has 0 aliphatic rings. The lowest BCUT2D eigenvalue weighted by molar-refractivity contribution is 0.471. The molecule has 0 spiro atoms. The zero-order valence-electron chi connectivity index (χ0n) is 10.4. The molecule has 0 heterocycles. The highest BCUT2D eigenvalue weighted by atomic mass is 16.3. The minimum Gasteiger partial charge on any atom is -0.508 e. The van der Waals surface area contributed by atoms with E-state index in [1.807, 2.05) is 43.3 Å². The Morgan fingerprint density at radius 2 is 1.53 bits per heavy atom. The molecule has 2 N–H and O–H groups in total. The summed E-state index contributed by atoms with van der Waals surface area (Å²) < 4.78 is 0. The molecule has 0 saturated heterocycles. The van der Waals surface area contributed by atoms with Crippen LogP contribution in [-0.2, 0) is 0 Å². The first-order valence-corrected chi connectivity index (χ1v) is 5.77. The van der Waals surface area contributed by atoms with Crippen LogP contribution in [0.5, 0.6) is 5.75 Å². The van der Waals surface area contributed by atoms with Gasteiger partial charge in [0.2, 0.25) is 0 Å². The molecule has 0 fully saturated rings. The van der Waals surface area contributed by atoms with Gasteiger partial charge in [-0.05, 0) is 37.6 Å². The van der Waals surface area contributed by atoms with Crippen molar-refractivity contribution >= 4 is 5.69 Å². The summed E-state index contributed by atoms with van der Waals surface area (Å²) in [7, 11) is 0. The molecule has 2 aromatic carbocycles. The fraction of sp³-hybridized carbons (Fsp3) is 0.200. The predicted molar refractivity (Wildman–Crippen MR) is 73.4 cm³/mol. The number of hydrogen-bond acceptors (Lipinski definition) is 2. The molecule has 90 valence electrons. The fourth-order valence-electron chi connectivity index (χ4n) is 1.32. The van der Waals surface area contributed by atoms with E-state index in [2.05, 4.69) is 24.4 Å². The Balaban J connectivity index is 0.000000171. The highest BCUT2D eigenvalue weighted by Crippen LogP contribution is 2.12. The van der Waals surface area contributed by atoms with Crippen molar-refractivity contribution in [3.8, 4) is 5.75 Å². The van der Waals surface area contributed by atoms with E-state index in [1.54, 1.807) is 6.07 Å². The van der Waals surface area contributed by atoms with Gasteiger partial charge in [-0.3, -0.25) is 0 Å². The lowest BCUT2D eigenvalue weighted by Gasteiger charge is -1.99. The zero-order chi connectivity index (χ0) is 12.5. The molecular weight excluding hydrogens is 210 g/mol. The van der Waals surface area contributed by atoms with Gasteiger partial charge in [-0.15, -0.1) is 0 Å². The standard InChI is InChI=1S/C8H11N.C7H8O/c1-2-9-8-6-4-3-5-7-8;1-6-4-2-3-5-7(6)8/h3-7,9H,2H2,1H3;2-5,8H,1H3. The number of aryl methyl sites for hydroxylation is 1. The molecule has 0 bridgehead atoms. The largest absolute Gasteiger partial charge is 0.508 e. The van der Waals surface area contributed by atoms with E-state index < -0.39 is 0 Å². The van der Waals surface area contributed by atoms with Gasteiger partial charge in [0, 0.05) is 12.2 Å². The first-order chi connectivity index (χ1) is 8.24. The highest BCUT2D eigenvalue weighted by molar-refractivity contribution is 5.41. The molecule has 2 aromatic rings. The average molecular weight is 229 g/mol. The van der Waals surface area contributed by atoms with Gasteiger partial charge in [-0.25, -0.2) is 0 Å². The molecule has 0 atom stereocenters. The normalized spacial score (nSPS) is 9.06. The molecule has 2 rings (SSSR count). The fourth-order valence-corrected chi connectivity index (χ4v) is 1.32. The van der Waals surface area contributed by atoms with E-state index in [9.17, 15) is 0 Å². The number of aromatic hydroxyl groups is 1. The molecular formula is C15H19NO. The Morgan fingerprint density at radius 1 is 0.941 bits per heavy atom. The summed E-state index contributed by atoms with van der Waals surface area (Å²) in [6, 6.07) is 17.4. The Bertz CT molecular complexity index is 405. The number of phenolic OH excluding ortho intramolecular Hbond substituents is 1. The number of anilines is 1. The Hall–Kier alpha value is -1.96. The Kier molecular flexibility index (Phi) is 5.66. The molecule has 17 heavy (non-hydrogen) atoms. The molecule has 0 radical (unpaired) electrons. The van der Waals surface area contributed by atoms with Gasteiger partial charge >= 0.3 is 0 Å². The van der Waals surface area contributed by atoms with Gasteiger partial charge in [0.15, 0.2) is 0 Å². The van der Waals surface area contributed by atoms with E-state index in [0.717, 1.165) is 12.1 Å². The van der Waals surface area contributed by atoms with Gasteiger partial charge in [-0.2, -0.15) is 0 Å². The smallest absolute Gasteiger partial charge is 0.118 e. The van der Waals surface area contributed by atoms with Crippen molar-refractivity contribution in [2.45, 2.75) is 13.8 Å². The molecule has 0 unspecified atom stereocenters. The van der Waals surface area contributed by atoms with Gasteiger partial charge in [0.05, 0.1) is 0 Å². The van der Waals surface area contributed by atoms with Gasteiger partial charge in [0.25, 0.3) is 0 Å². The monoisotopic (exact) mass is 229 g/mol. The van der Waals surface area contributed by atoms with Crippen LogP contribution in [0.3, 0.4) is 0 Å². The summed E-state index contributed by atoms with van der Waals surface area (Å²) in [6.07, 6.45) is 0. The summed E-state index contributed by atoms with van der Waals surface area (Å²) in [5.41, 5.74) is 2.12. The van der Waals surface area contributed by atoms with Crippen molar-refractivity contribution in [3.63, 3.8) is 0 Å². The zero-order valence-corrected chi connectivity index (χ0v) is 10.4. The summed E-state index contributed by atoms with van der Waals surface area (Å²) in [4.78, 5) is 0. The molecule has 0 saturated carbocycles. The second kappa shape index (κ2) is 7.34. The maximum absolute atomic E-state index is 8.92. The lowest BCUT2D eigenvalue weighted by atomic mass is 10.2. The van der Waals surface area contributed by atoms with Crippen molar-refractivity contribution in [1.29, 1.82) is 0 Å². The minimum atomic E-state index is 0.368. The SMILES string of the molecule is CCNc1ccccc1.Cc1ccccc1O. The first-order valence-electron chi connectivity index (χ1n) is 5.77. The number of hydrogen-bond donors (Lipinski definition) is 2. The predicted octanol–water partition coefficient (Wildman–Crippen LogP) is 3.82. The minimum absolute atomic E-state index is 0.368. The molecule has 0 aliphatic carbocycles. The summed E-state index contributed by atoms with van der Waals surface area (Å²) in [5, 5.41) is 12.1. The summed E-state index contributed by atoms with van der Waals surface area (Å²) >= 11 is 0. The number of para-hydroxylation sites is 2. The molecule has 2 nitrogen and oxygen atoms in total. The van der Waals surface area contributed by atoms with Gasteiger partial charge in [0.1, 0.15) is 5.75 Å². The molecule has 0 aromatic heterocycles. The van der Waals surface area contributed by atoms with E-state index >= 15 is 0 Å². The number of rotatable bonds is 2. The van der Waals surface area contributed by atoms with Crippen molar-refractivity contribution in [2.75, 3.05) is 11.9 Å². The van der Waals surface area contributed by atoms with Crippen LogP contribution in [0.15, 0.2) is 54.6 Å². The first kappa shape index (κ1) is 13.1. The van der Waals surface area contributed by atoms with E-state index in [4.69, 9.17) is 5.11 Å². The number of phenols is 1. The van der Waals surface area contributed by atoms with Crippen molar-refractivity contribution in [1.82, 2.24) is 0 Å². The topological polar surface area (TPSA) is 32.3 Å². The van der Waals surface area contributed by atoms with Crippen molar-refractivity contribution < 1.29 is 5.11 Å². The van der Waals surface area contributed by atoms with Crippen LogP contribution in [0, 0.1) is 6.92 Å². The third-order valence-corrected chi connectivity index (χ3v) is 2.27. The Morgan fingerprint density at radius 3 is 2.00 bits per heavy atom. The lowest BCUT2D eigenvalue weighted by Crippen LogP contribution is -1.94. The number of benzene rings is 2. The van der Waals surface area contributed by atoms with Crippen LogP contribution >= 0.6 is 0 Å².